The lowest BCUT2D eigenvalue weighted by atomic mass is 10.0. The molecule has 0 aliphatic rings. The van der Waals surface area contributed by atoms with Crippen molar-refractivity contribution in [3.05, 3.63) is 117 Å². The third kappa shape index (κ3) is 13.5. The van der Waals surface area contributed by atoms with E-state index in [1.54, 1.807) is 0 Å². The van der Waals surface area contributed by atoms with Crippen molar-refractivity contribution < 1.29 is 117 Å². The van der Waals surface area contributed by atoms with Crippen LogP contribution in [0.25, 0.3) is 27.2 Å². The Labute approximate surface area is 503 Å². The molecule has 7 aromatic carbocycles. The first kappa shape index (κ1) is 66.4. The number of H-pyrrole nitrogens is 1. The number of nitro benzene ring substituents is 1. The average Bonchev–Trinajstić information content (AvgIpc) is 0.943. The SMILES string of the molecule is Cc1cc(S(=O)(=O)O)c(N=Nc2c(C(=O)O)[nH]n(-c3ccc(S(=O)(=O)O)cc3)c2=O)cc1N=Nc1c(S(=O)(=O)O)cc2c(S(=O)(=O)O)c(N=Nc3cc(S(=O)(=O)O)c4cc(SOOO)c(N=Nc5ccc([N+](=O)[O-])cc5S(=O)(=O)O)c(O)c4c3N)ccc2c1O. The molecule has 0 saturated heterocycles. The van der Waals surface area contributed by atoms with Crippen molar-refractivity contribution >= 4 is 157 Å². The standard InChI is InChI=1S/C43H30N12O28S7/c1-16-10-30(87(70,71)72)26(48-52-37-38(43(59)60)53-54(42(37)58)17-2-5-19(6-3-17)85(64,65)66)14-25(16)47-51-36-32(89(76,77)78)13-21-20(39(36)56)7-9-24(41(21)90(79,80)81)46-49-27-15-29(86(67,68)69)22-12-28(84-83-82-63)35(40(57)33(22)34(27)44)50-45-23-8-4-18(55(61)62)11-31(23)88(73,74)75/h2-15,53,56-57,63H,44H2,1H3,(H,59,60)(H,64,65,66)(H,67,68,69)(H,70,71,72)(H,73,74,75)(H,76,77,78)(H,79,80,81). The number of nitrogen functional groups attached to an aromatic ring is 1. The van der Waals surface area contributed by atoms with Gasteiger partial charge in [-0.05, 0) is 85.3 Å². The third-order valence-electron chi connectivity index (χ3n) is 11.9. The molecule has 0 fully saturated rings. The quantitative estimate of drug-likeness (QED) is 0.00654. The van der Waals surface area contributed by atoms with E-state index in [0.717, 1.165) is 49.4 Å². The fraction of sp³-hybridized carbons (Fsp3) is 0.0233. The van der Waals surface area contributed by atoms with Crippen LogP contribution in [-0.4, -0.2) is 119 Å². The molecular weight excluding hydrogens is 1360 g/mol. The Morgan fingerprint density at radius 1 is 0.578 bits per heavy atom. The summed E-state index contributed by atoms with van der Waals surface area (Å²) < 4.78 is 216. The number of aromatic carboxylic acids is 1. The normalized spacial score (nSPS) is 13.1. The molecule has 0 unspecified atom stereocenters. The maximum atomic E-state index is 13.4. The zero-order chi connectivity index (χ0) is 66.7. The molecule has 1 heterocycles. The van der Waals surface area contributed by atoms with Crippen molar-refractivity contribution in [3.8, 4) is 17.2 Å². The van der Waals surface area contributed by atoms with Gasteiger partial charge in [-0.25, -0.2) is 14.7 Å². The van der Waals surface area contributed by atoms with E-state index in [9.17, 15) is 113 Å². The van der Waals surface area contributed by atoms with E-state index in [0.29, 0.717) is 47.1 Å². The summed E-state index contributed by atoms with van der Waals surface area (Å²) in [6.07, 6.45) is 0. The number of non-ortho nitro benzene ring substituents is 1. The molecule has 0 aliphatic heterocycles. The molecular formula is C43H30N12O28S7. The van der Waals surface area contributed by atoms with Crippen LogP contribution >= 0.6 is 12.0 Å². The number of fused-ring (bicyclic) bond motifs is 2. The number of aromatic amines is 1. The zero-order valence-electron chi connectivity index (χ0n) is 43.3. The number of carbonyl (C=O) groups is 1. The Kier molecular flexibility index (Phi) is 17.8. The minimum atomic E-state index is -5.77. The van der Waals surface area contributed by atoms with E-state index in [4.69, 9.17) is 11.0 Å². The second-order valence-corrected chi connectivity index (χ2v) is 26.6. The number of rotatable bonds is 20. The molecule has 0 aliphatic carbocycles. The Morgan fingerprint density at radius 3 is 1.69 bits per heavy atom. The van der Waals surface area contributed by atoms with Crippen LogP contribution in [0.2, 0.25) is 0 Å². The Morgan fingerprint density at radius 2 is 1.12 bits per heavy atom. The monoisotopic (exact) mass is 1390 g/mol. The van der Waals surface area contributed by atoms with Crippen LogP contribution in [0.15, 0.2) is 165 Å². The van der Waals surface area contributed by atoms with Crippen molar-refractivity contribution in [3.63, 3.8) is 0 Å². The molecule has 0 radical (unpaired) electrons. The summed E-state index contributed by atoms with van der Waals surface area (Å²) in [5.41, 5.74) is -5.61. The van der Waals surface area contributed by atoms with Crippen LogP contribution < -0.4 is 11.3 Å². The number of phenols is 2. The minimum Gasteiger partial charge on any atom is -0.505 e. The van der Waals surface area contributed by atoms with Gasteiger partial charge in [0.25, 0.3) is 72.0 Å². The summed E-state index contributed by atoms with van der Waals surface area (Å²) in [5, 5.41) is 84.9. The molecule has 8 rings (SSSR count). The van der Waals surface area contributed by atoms with Crippen LogP contribution in [0.3, 0.4) is 0 Å². The summed E-state index contributed by atoms with van der Waals surface area (Å²) in [4.78, 5) is 28.2. The molecule has 13 N–H and O–H groups in total. The van der Waals surface area contributed by atoms with Crippen molar-refractivity contribution in [1.82, 2.24) is 9.78 Å². The number of azo groups is 4. The molecule has 8 aromatic rings. The van der Waals surface area contributed by atoms with Gasteiger partial charge in [-0.15, -0.1) is 40.1 Å². The van der Waals surface area contributed by atoms with Crippen molar-refractivity contribution in [2.45, 2.75) is 41.2 Å². The van der Waals surface area contributed by atoms with Crippen molar-refractivity contribution in [2.24, 2.45) is 40.9 Å². The number of nitrogens with zero attached hydrogens (tertiary/aromatic N) is 10. The molecule has 0 bridgehead atoms. The van der Waals surface area contributed by atoms with E-state index in [2.05, 4.69) is 55.4 Å². The number of nitrogens with one attached hydrogen (secondary N) is 1. The first-order valence-corrected chi connectivity index (χ1v) is 32.2. The Bertz CT molecular complexity index is 5370. The second kappa shape index (κ2) is 24.1. The molecule has 0 spiro atoms. The molecule has 90 heavy (non-hydrogen) atoms. The number of benzene rings is 7. The van der Waals surface area contributed by atoms with Gasteiger partial charge < -0.3 is 21.1 Å². The average molecular weight is 1390 g/mol. The number of aryl methyl sites for hydroxylation is 1. The number of aromatic nitrogens is 2. The molecule has 0 atom stereocenters. The number of phenolic OH excluding ortho intramolecular Hbond substituents is 2. The number of nitrogens with two attached hydrogens (primary N) is 1. The van der Waals surface area contributed by atoms with E-state index < -0.39 is 207 Å². The fourth-order valence-electron chi connectivity index (χ4n) is 8.04. The molecule has 0 amide bonds. The van der Waals surface area contributed by atoms with E-state index in [-0.39, 0.29) is 23.3 Å². The van der Waals surface area contributed by atoms with Gasteiger partial charge in [-0.2, -0.15) is 55.6 Å². The highest BCUT2D eigenvalue weighted by Gasteiger charge is 2.31. The number of aromatic hydroxyl groups is 2. The molecule has 1 aromatic heterocycles. The van der Waals surface area contributed by atoms with Gasteiger partial charge in [0, 0.05) is 28.3 Å². The largest absolute Gasteiger partial charge is 0.505 e. The number of hydrogen-bond donors (Lipinski definition) is 12. The summed E-state index contributed by atoms with van der Waals surface area (Å²) >= 11 is -0.0554. The van der Waals surface area contributed by atoms with Crippen LogP contribution in [0, 0.1) is 17.0 Å². The molecule has 47 heteroatoms. The first-order chi connectivity index (χ1) is 41.6. The van der Waals surface area contributed by atoms with Gasteiger partial charge in [0.15, 0.2) is 22.9 Å². The Balaban J connectivity index is 1.25. The molecule has 472 valence electrons. The van der Waals surface area contributed by atoms with Crippen molar-refractivity contribution in [2.75, 3.05) is 5.73 Å². The molecule has 40 nitrogen and oxygen atoms in total. The number of nitro groups is 1. The third-order valence-corrected chi connectivity index (χ3v) is 17.9. The predicted molar refractivity (Wildman–Crippen MR) is 300 cm³/mol. The highest BCUT2D eigenvalue weighted by molar-refractivity contribution is 7.94. The number of anilines is 1. The summed E-state index contributed by atoms with van der Waals surface area (Å²) in [5.74, 6) is -4.48. The van der Waals surface area contributed by atoms with Gasteiger partial charge in [0.1, 0.15) is 58.6 Å². The van der Waals surface area contributed by atoms with Gasteiger partial charge >= 0.3 is 5.97 Å². The van der Waals surface area contributed by atoms with Gasteiger partial charge in [0.2, 0.25) is 0 Å². The van der Waals surface area contributed by atoms with Gasteiger partial charge in [-0.3, -0.25) is 47.3 Å². The summed E-state index contributed by atoms with van der Waals surface area (Å²) in [7, 11) is -32.4. The van der Waals surface area contributed by atoms with Crippen LogP contribution in [-0.2, 0) is 70.1 Å². The topological polar surface area (TPSA) is 649 Å². The molecule has 0 saturated carbocycles. The number of carboxylic acid groups (broad SMARTS) is 1. The summed E-state index contributed by atoms with van der Waals surface area (Å²) in [6, 6.07) is 9.65. The van der Waals surface area contributed by atoms with Crippen LogP contribution in [0.5, 0.6) is 11.5 Å². The second-order valence-electron chi connectivity index (χ2n) is 17.5. The lowest BCUT2D eigenvalue weighted by molar-refractivity contribution is -0.432. The van der Waals surface area contributed by atoms with Crippen LogP contribution in [0.1, 0.15) is 16.1 Å². The lowest BCUT2D eigenvalue weighted by Gasteiger charge is -2.15. The van der Waals surface area contributed by atoms with Gasteiger partial charge in [0.05, 0.1) is 49.2 Å². The number of hydrogen-bond acceptors (Lipinski definition) is 31. The minimum absolute atomic E-state index is 0.0554. The highest BCUT2D eigenvalue weighted by atomic mass is 32.2. The zero-order valence-corrected chi connectivity index (χ0v) is 49.0. The fourth-order valence-corrected chi connectivity index (χ4v) is 12.5. The number of carboxylic acids is 1. The lowest BCUT2D eigenvalue weighted by Crippen LogP contribution is -2.14. The predicted octanol–water partition coefficient (Wildman–Crippen LogP) is 7.95. The van der Waals surface area contributed by atoms with Gasteiger partial charge in [-0.1, -0.05) is 5.04 Å². The first-order valence-electron chi connectivity index (χ1n) is 22.9. The van der Waals surface area contributed by atoms with E-state index >= 15 is 0 Å². The Hall–Kier alpha value is -9.57. The van der Waals surface area contributed by atoms with Crippen LogP contribution in [0.4, 0.5) is 56.9 Å². The highest BCUT2D eigenvalue weighted by Crippen LogP contribution is 2.51. The maximum absolute atomic E-state index is 13.4. The maximum Gasteiger partial charge on any atom is 0.356 e. The van der Waals surface area contributed by atoms with Crippen molar-refractivity contribution in [1.29, 1.82) is 0 Å². The summed E-state index contributed by atoms with van der Waals surface area (Å²) in [6.45, 7) is 1.12. The van der Waals surface area contributed by atoms with E-state index in [1.165, 1.54) is 0 Å². The van der Waals surface area contributed by atoms with E-state index in [1.807, 2.05) is 0 Å². The smallest absolute Gasteiger partial charge is 0.356 e.